The Balaban J connectivity index is 3.38. The van der Waals surface area contributed by atoms with Crippen LogP contribution in [-0.4, -0.2) is 21.2 Å². The van der Waals surface area contributed by atoms with Gasteiger partial charge in [0.05, 0.1) is 0 Å². The quantitative estimate of drug-likeness (QED) is 0.418. The molecule has 0 bridgehead atoms. The molecule has 0 aliphatic carbocycles. The van der Waals surface area contributed by atoms with Crippen LogP contribution in [0.25, 0.3) is 0 Å². The lowest BCUT2D eigenvalue weighted by molar-refractivity contribution is 0.628. The number of halogens is 4. The molecular weight excluding hydrogens is 238 g/mol. The average molecular weight is 244 g/mol. The Hall–Kier alpha value is 1.55. The molecule has 1 nitrogen and oxygen atoms in total. The predicted molar refractivity (Wildman–Crippen MR) is 48.4 cm³/mol. The molecule has 0 aromatic rings. The van der Waals surface area contributed by atoms with Crippen molar-refractivity contribution in [2.24, 2.45) is 0 Å². The SMILES string of the molecule is C[SiH](O[SiH](Cl)Cl)C(Cl)Cl. The molecule has 0 aromatic carbocycles. The van der Waals surface area contributed by atoms with Gasteiger partial charge < -0.3 is 4.12 Å². The van der Waals surface area contributed by atoms with Gasteiger partial charge in [-0.1, -0.05) is 0 Å². The third-order valence-corrected chi connectivity index (χ3v) is 7.90. The molecule has 0 saturated heterocycles. The summed E-state index contributed by atoms with van der Waals surface area (Å²) < 4.78 is 4.64. The van der Waals surface area contributed by atoms with E-state index >= 15 is 0 Å². The van der Waals surface area contributed by atoms with Crippen molar-refractivity contribution >= 4 is 62.1 Å². The monoisotopic (exact) mass is 242 g/mol. The summed E-state index contributed by atoms with van der Waals surface area (Å²) in [5.41, 5.74) is 0. The van der Waals surface area contributed by atoms with Gasteiger partial charge >= 0.3 is 7.66 Å². The van der Waals surface area contributed by atoms with E-state index in [1.165, 1.54) is 0 Å². The zero-order valence-corrected chi connectivity index (χ0v) is 9.99. The molecule has 0 aliphatic rings. The molecule has 0 rings (SSSR count). The highest BCUT2D eigenvalue weighted by Crippen LogP contribution is 2.10. The Bertz CT molecular complexity index is 79.0. The van der Waals surface area contributed by atoms with Gasteiger partial charge in [-0.3, -0.25) is 0 Å². The van der Waals surface area contributed by atoms with Crippen LogP contribution in [0.1, 0.15) is 0 Å². The lowest BCUT2D eigenvalue weighted by atomic mass is 11.8. The maximum absolute atomic E-state index is 5.48. The minimum atomic E-state index is -1.95. The number of hydrogen-bond donors (Lipinski definition) is 0. The Morgan fingerprint density at radius 1 is 1.33 bits per heavy atom. The first-order valence-electron chi connectivity index (χ1n) is 2.25. The standard InChI is InChI=1S/C2H6Cl4OSi2/c1-8(2(3)4)7-9(5)6/h2,8-9H,1H3. The van der Waals surface area contributed by atoms with Gasteiger partial charge in [-0.15, -0.1) is 45.4 Å². The number of hydrogen-bond acceptors (Lipinski definition) is 1. The molecule has 1 atom stereocenters. The first-order valence-corrected chi connectivity index (χ1v) is 9.38. The van der Waals surface area contributed by atoms with Gasteiger partial charge in [0, 0.05) is 0 Å². The van der Waals surface area contributed by atoms with E-state index in [9.17, 15) is 0 Å². The lowest BCUT2D eigenvalue weighted by Crippen LogP contribution is -2.25. The third kappa shape index (κ3) is 5.97. The minimum absolute atomic E-state index is 0.419. The number of rotatable bonds is 3. The molecular formula is C2H6Cl4OSi2. The Labute approximate surface area is 77.0 Å². The number of alkyl halides is 2. The van der Waals surface area contributed by atoms with Crippen LogP contribution < -0.4 is 0 Å². The summed E-state index contributed by atoms with van der Waals surface area (Å²) in [4.78, 5) is 0. The fourth-order valence-corrected chi connectivity index (χ4v) is 5.98. The predicted octanol–water partition coefficient (Wildman–Crippen LogP) is 1.89. The fourth-order valence-electron chi connectivity index (χ4n) is 0.222. The van der Waals surface area contributed by atoms with Crippen molar-refractivity contribution in [1.29, 1.82) is 0 Å². The van der Waals surface area contributed by atoms with Crippen LogP contribution in [0, 0.1) is 0 Å². The van der Waals surface area contributed by atoms with Crippen molar-refractivity contribution in [3.8, 4) is 0 Å². The van der Waals surface area contributed by atoms with Gasteiger partial charge in [-0.05, 0) is 6.55 Å². The molecule has 0 radical (unpaired) electrons. The van der Waals surface area contributed by atoms with Crippen LogP contribution in [0.15, 0.2) is 0 Å². The molecule has 7 heteroatoms. The Kier molecular flexibility index (Phi) is 6.14. The van der Waals surface area contributed by atoms with Gasteiger partial charge in [0.1, 0.15) is 4.46 Å². The molecule has 0 amide bonds. The maximum atomic E-state index is 5.48. The minimum Gasteiger partial charge on any atom is -0.436 e. The van der Waals surface area contributed by atoms with E-state index in [0.717, 1.165) is 0 Å². The molecule has 1 unspecified atom stereocenters. The summed E-state index contributed by atoms with van der Waals surface area (Å²) >= 11 is 21.8. The highest BCUT2D eigenvalue weighted by molar-refractivity contribution is 7.32. The van der Waals surface area contributed by atoms with Gasteiger partial charge in [0.2, 0.25) is 0 Å². The summed E-state index contributed by atoms with van der Waals surface area (Å²) in [6, 6.07) is 0. The summed E-state index contributed by atoms with van der Waals surface area (Å²) in [5, 5.41) is 0. The molecule has 56 valence electrons. The third-order valence-electron chi connectivity index (χ3n) is 0.672. The van der Waals surface area contributed by atoms with E-state index in [1.807, 2.05) is 6.55 Å². The zero-order valence-electron chi connectivity index (χ0n) is 4.65. The molecule has 0 spiro atoms. The van der Waals surface area contributed by atoms with Crippen LogP contribution in [0.2, 0.25) is 6.55 Å². The van der Waals surface area contributed by atoms with Gasteiger partial charge in [0.15, 0.2) is 9.04 Å². The van der Waals surface area contributed by atoms with E-state index < -0.39 is 21.2 Å². The summed E-state index contributed by atoms with van der Waals surface area (Å²) in [7, 11) is -3.45. The molecule has 9 heavy (non-hydrogen) atoms. The van der Waals surface area contributed by atoms with Crippen LogP contribution >= 0.6 is 45.4 Å². The van der Waals surface area contributed by atoms with E-state index in [-0.39, 0.29) is 0 Å². The normalized spacial score (nSPS) is 15.0. The van der Waals surface area contributed by atoms with Crippen molar-refractivity contribution in [2.75, 3.05) is 0 Å². The van der Waals surface area contributed by atoms with Crippen molar-refractivity contribution in [2.45, 2.75) is 11.0 Å². The van der Waals surface area contributed by atoms with Crippen LogP contribution in [0.5, 0.6) is 0 Å². The maximum Gasteiger partial charge on any atom is 0.362 e. The summed E-state index contributed by atoms with van der Waals surface area (Å²) in [5.74, 6) is 0. The van der Waals surface area contributed by atoms with Gasteiger partial charge in [0.25, 0.3) is 0 Å². The molecule has 0 aromatic heterocycles. The molecule has 0 aliphatic heterocycles. The second-order valence-electron chi connectivity index (χ2n) is 1.44. The molecule has 0 heterocycles. The van der Waals surface area contributed by atoms with E-state index in [0.29, 0.717) is 0 Å². The lowest BCUT2D eigenvalue weighted by Gasteiger charge is -2.11. The van der Waals surface area contributed by atoms with E-state index in [1.54, 1.807) is 0 Å². The van der Waals surface area contributed by atoms with E-state index in [2.05, 4.69) is 0 Å². The smallest absolute Gasteiger partial charge is 0.362 e. The largest absolute Gasteiger partial charge is 0.436 e. The Morgan fingerprint density at radius 3 is 1.89 bits per heavy atom. The summed E-state index contributed by atoms with van der Waals surface area (Å²) in [6.45, 7) is 1.86. The average Bonchev–Trinajstić information content (AvgIpc) is 1.63. The van der Waals surface area contributed by atoms with E-state index in [4.69, 9.17) is 49.5 Å². The molecule has 0 fully saturated rings. The van der Waals surface area contributed by atoms with Crippen molar-refractivity contribution in [3.63, 3.8) is 0 Å². The van der Waals surface area contributed by atoms with Gasteiger partial charge in [-0.25, -0.2) is 0 Å². The second-order valence-corrected chi connectivity index (χ2v) is 10.2. The Morgan fingerprint density at radius 2 is 1.78 bits per heavy atom. The van der Waals surface area contributed by atoms with Crippen molar-refractivity contribution in [3.05, 3.63) is 0 Å². The highest BCUT2D eigenvalue weighted by atomic mass is 35.7. The van der Waals surface area contributed by atoms with Crippen molar-refractivity contribution in [1.82, 2.24) is 0 Å². The first kappa shape index (κ1) is 10.6. The topological polar surface area (TPSA) is 9.23 Å². The highest BCUT2D eigenvalue weighted by Gasteiger charge is 2.17. The molecule has 0 N–H and O–H groups in total. The molecule has 0 saturated carbocycles. The van der Waals surface area contributed by atoms with Crippen LogP contribution in [-0.2, 0) is 4.12 Å². The first-order chi connectivity index (χ1) is 4.04. The van der Waals surface area contributed by atoms with Crippen LogP contribution in [0.4, 0.5) is 0 Å². The second kappa shape index (κ2) is 5.24. The van der Waals surface area contributed by atoms with Gasteiger partial charge in [-0.2, -0.15) is 0 Å². The summed E-state index contributed by atoms with van der Waals surface area (Å²) in [6.07, 6.45) is 0. The zero-order chi connectivity index (χ0) is 7.44. The van der Waals surface area contributed by atoms with Crippen LogP contribution in [0.3, 0.4) is 0 Å². The fraction of sp³-hybridized carbons (Fsp3) is 1.00. The van der Waals surface area contributed by atoms with Crippen molar-refractivity contribution < 1.29 is 4.12 Å².